The van der Waals surface area contributed by atoms with E-state index in [1.165, 1.54) is 11.9 Å². The van der Waals surface area contributed by atoms with Crippen LogP contribution in [-0.2, 0) is 4.79 Å². The van der Waals surface area contributed by atoms with Crippen molar-refractivity contribution >= 4 is 23.5 Å². The Morgan fingerprint density at radius 3 is 2.37 bits per heavy atom. The van der Waals surface area contributed by atoms with Crippen LogP contribution in [-0.4, -0.2) is 20.7 Å². The van der Waals surface area contributed by atoms with Crippen molar-refractivity contribution in [3.63, 3.8) is 0 Å². The highest BCUT2D eigenvalue weighted by molar-refractivity contribution is 6.30. The summed E-state index contributed by atoms with van der Waals surface area (Å²) in [5, 5.41) is 5.13. The van der Waals surface area contributed by atoms with Gasteiger partial charge in [-0.2, -0.15) is 10.1 Å². The van der Waals surface area contributed by atoms with E-state index in [2.05, 4.69) is 41.3 Å². The second-order valence-electron chi connectivity index (χ2n) is 6.85. The Bertz CT molecular complexity index is 949. The minimum absolute atomic E-state index is 0.00743. The van der Waals surface area contributed by atoms with Crippen LogP contribution in [0.3, 0.4) is 0 Å². The molecule has 2 atom stereocenters. The molecule has 0 saturated heterocycles. The Hall–Kier alpha value is -2.66. The van der Waals surface area contributed by atoms with Gasteiger partial charge in [0.05, 0.1) is 12.1 Å². The average Bonchev–Trinajstić information content (AvgIpc) is 3.17. The number of aromatic nitrogens is 3. The van der Waals surface area contributed by atoms with Gasteiger partial charge in [-0.15, -0.1) is 0 Å². The highest BCUT2D eigenvalue weighted by Gasteiger charge is 2.38. The van der Waals surface area contributed by atoms with Crippen LogP contribution in [0.15, 0.2) is 54.9 Å². The standard InChI is InChI=1S/C21H21ClN4O/c1-3-20(27)25-18(15-6-4-14(2)5-7-15)12-19(26-21(25)23-13-24-26)16-8-10-17(22)11-9-16/h4-11,13,18-19H,3,12H2,1-2H3/t18-,19+/m0/s1. The lowest BCUT2D eigenvalue weighted by atomic mass is 9.91. The SMILES string of the molecule is CCC(=O)N1c2ncnn2[C@@H](c2ccc(Cl)cc2)C[C@H]1c1ccc(C)cc1. The zero-order valence-electron chi connectivity index (χ0n) is 15.3. The van der Waals surface area contributed by atoms with Crippen molar-refractivity contribution in [2.45, 2.75) is 38.8 Å². The molecule has 0 fully saturated rings. The third-order valence-corrected chi connectivity index (χ3v) is 5.36. The van der Waals surface area contributed by atoms with E-state index < -0.39 is 0 Å². The molecule has 0 N–H and O–H groups in total. The fourth-order valence-corrected chi connectivity index (χ4v) is 3.81. The van der Waals surface area contributed by atoms with Gasteiger partial charge in [0, 0.05) is 11.4 Å². The fraction of sp³-hybridized carbons (Fsp3) is 0.286. The number of nitrogens with zero attached hydrogens (tertiary/aromatic N) is 4. The van der Waals surface area contributed by atoms with Gasteiger partial charge in [0.25, 0.3) is 0 Å². The number of rotatable bonds is 3. The van der Waals surface area contributed by atoms with Gasteiger partial charge < -0.3 is 0 Å². The first-order valence-electron chi connectivity index (χ1n) is 9.12. The topological polar surface area (TPSA) is 51.0 Å². The molecule has 6 heteroatoms. The second kappa shape index (κ2) is 7.16. The van der Waals surface area contributed by atoms with E-state index >= 15 is 0 Å². The number of hydrogen-bond acceptors (Lipinski definition) is 3. The van der Waals surface area contributed by atoms with Crippen LogP contribution in [0.4, 0.5) is 5.95 Å². The molecule has 1 amide bonds. The largest absolute Gasteiger partial charge is 0.274 e. The van der Waals surface area contributed by atoms with Crippen LogP contribution in [0.1, 0.15) is 48.5 Å². The van der Waals surface area contributed by atoms with Gasteiger partial charge in [-0.05, 0) is 36.6 Å². The molecule has 1 aliphatic rings. The lowest BCUT2D eigenvalue weighted by Crippen LogP contribution is -2.42. The van der Waals surface area contributed by atoms with Crippen molar-refractivity contribution in [3.05, 3.63) is 76.6 Å². The normalized spacial score (nSPS) is 19.0. The lowest BCUT2D eigenvalue weighted by molar-refractivity contribution is -0.119. The molecule has 0 unspecified atom stereocenters. The first kappa shape index (κ1) is 17.7. The quantitative estimate of drug-likeness (QED) is 0.660. The van der Waals surface area contributed by atoms with Crippen LogP contribution >= 0.6 is 11.6 Å². The highest BCUT2D eigenvalue weighted by Crippen LogP contribution is 2.42. The van der Waals surface area contributed by atoms with Crippen LogP contribution in [0.2, 0.25) is 5.02 Å². The number of carbonyl (C=O) groups is 1. The molecular weight excluding hydrogens is 360 g/mol. The Labute approximate surface area is 163 Å². The number of hydrogen-bond donors (Lipinski definition) is 0. The summed E-state index contributed by atoms with van der Waals surface area (Å²) in [7, 11) is 0. The summed E-state index contributed by atoms with van der Waals surface area (Å²) in [5.41, 5.74) is 3.41. The van der Waals surface area contributed by atoms with E-state index in [0.29, 0.717) is 17.4 Å². The molecule has 138 valence electrons. The van der Waals surface area contributed by atoms with E-state index in [0.717, 1.165) is 17.5 Å². The third-order valence-electron chi connectivity index (χ3n) is 5.11. The summed E-state index contributed by atoms with van der Waals surface area (Å²) in [4.78, 5) is 19.0. The maximum Gasteiger partial charge on any atom is 0.231 e. The van der Waals surface area contributed by atoms with Gasteiger partial charge in [-0.1, -0.05) is 60.5 Å². The molecule has 2 aromatic carbocycles. The Morgan fingerprint density at radius 1 is 1.07 bits per heavy atom. The number of carbonyl (C=O) groups excluding carboxylic acids is 1. The predicted molar refractivity (Wildman–Crippen MR) is 106 cm³/mol. The van der Waals surface area contributed by atoms with Crippen molar-refractivity contribution in [1.29, 1.82) is 0 Å². The monoisotopic (exact) mass is 380 g/mol. The number of aryl methyl sites for hydroxylation is 1. The fourth-order valence-electron chi connectivity index (χ4n) is 3.68. The van der Waals surface area contributed by atoms with E-state index in [1.54, 1.807) is 4.90 Å². The van der Waals surface area contributed by atoms with E-state index in [4.69, 9.17) is 11.6 Å². The molecule has 0 saturated carbocycles. The van der Waals surface area contributed by atoms with Crippen LogP contribution in [0, 0.1) is 6.92 Å². The summed E-state index contributed by atoms with van der Waals surface area (Å²) in [6.07, 6.45) is 2.67. The van der Waals surface area contributed by atoms with Crippen LogP contribution < -0.4 is 4.90 Å². The maximum absolute atomic E-state index is 12.8. The van der Waals surface area contributed by atoms with Gasteiger partial charge in [0.2, 0.25) is 11.9 Å². The van der Waals surface area contributed by atoms with Crippen molar-refractivity contribution in [2.24, 2.45) is 0 Å². The van der Waals surface area contributed by atoms with Gasteiger partial charge in [-0.3, -0.25) is 9.69 Å². The van der Waals surface area contributed by atoms with E-state index in [9.17, 15) is 4.79 Å². The minimum Gasteiger partial charge on any atom is -0.274 e. The Balaban J connectivity index is 1.83. The smallest absolute Gasteiger partial charge is 0.231 e. The van der Waals surface area contributed by atoms with Crippen molar-refractivity contribution in [2.75, 3.05) is 4.90 Å². The maximum atomic E-state index is 12.8. The zero-order chi connectivity index (χ0) is 19.0. The van der Waals surface area contributed by atoms with Gasteiger partial charge >= 0.3 is 0 Å². The number of amides is 1. The van der Waals surface area contributed by atoms with Crippen molar-refractivity contribution in [3.8, 4) is 0 Å². The van der Waals surface area contributed by atoms with E-state index in [1.807, 2.05) is 35.9 Å². The molecule has 1 aromatic heterocycles. The molecule has 0 radical (unpaired) electrons. The minimum atomic E-state index is -0.0876. The van der Waals surface area contributed by atoms with Gasteiger partial charge in [0.1, 0.15) is 6.33 Å². The number of anilines is 1. The molecule has 4 rings (SSSR count). The molecule has 5 nitrogen and oxygen atoms in total. The van der Waals surface area contributed by atoms with E-state index in [-0.39, 0.29) is 18.0 Å². The number of benzene rings is 2. The summed E-state index contributed by atoms with van der Waals surface area (Å²) in [5.74, 6) is 0.642. The molecule has 0 bridgehead atoms. The summed E-state index contributed by atoms with van der Waals surface area (Å²) < 4.78 is 1.85. The average molecular weight is 381 g/mol. The molecule has 27 heavy (non-hydrogen) atoms. The third kappa shape index (κ3) is 3.23. The molecular formula is C21H21ClN4O. The first-order valence-corrected chi connectivity index (χ1v) is 9.50. The van der Waals surface area contributed by atoms with Crippen molar-refractivity contribution < 1.29 is 4.79 Å². The molecule has 3 aromatic rings. The van der Waals surface area contributed by atoms with Gasteiger partial charge in [-0.25, -0.2) is 4.68 Å². The number of halogens is 1. The first-order chi connectivity index (χ1) is 13.1. The Morgan fingerprint density at radius 2 is 1.70 bits per heavy atom. The lowest BCUT2D eigenvalue weighted by Gasteiger charge is -2.39. The van der Waals surface area contributed by atoms with Gasteiger partial charge in [0.15, 0.2) is 0 Å². The predicted octanol–water partition coefficient (Wildman–Crippen LogP) is 4.72. The van der Waals surface area contributed by atoms with Crippen molar-refractivity contribution in [1.82, 2.24) is 14.8 Å². The molecule has 0 spiro atoms. The summed E-state index contributed by atoms with van der Waals surface area (Å²) in [6, 6.07) is 16.1. The molecule has 0 aliphatic carbocycles. The Kier molecular flexibility index (Phi) is 4.70. The zero-order valence-corrected chi connectivity index (χ0v) is 16.1. The highest BCUT2D eigenvalue weighted by atomic mass is 35.5. The summed E-state index contributed by atoms with van der Waals surface area (Å²) in [6.45, 7) is 3.94. The van der Waals surface area contributed by atoms with Crippen LogP contribution in [0.5, 0.6) is 0 Å². The summed E-state index contributed by atoms with van der Waals surface area (Å²) >= 11 is 6.06. The number of fused-ring (bicyclic) bond motifs is 1. The molecule has 1 aliphatic heterocycles. The molecule has 2 heterocycles. The van der Waals surface area contributed by atoms with Crippen LogP contribution in [0.25, 0.3) is 0 Å². The second-order valence-corrected chi connectivity index (χ2v) is 7.29.